The molecule has 1 aliphatic carbocycles. The Bertz CT molecular complexity index is 820. The van der Waals surface area contributed by atoms with E-state index < -0.39 is 5.41 Å². The monoisotopic (exact) mass is 385 g/mol. The Morgan fingerprint density at radius 1 is 1.37 bits per heavy atom. The first kappa shape index (κ1) is 18.3. The summed E-state index contributed by atoms with van der Waals surface area (Å²) in [4.78, 5) is 19.6. The van der Waals surface area contributed by atoms with E-state index in [1.807, 2.05) is 42.6 Å². The molecule has 1 amide bonds. The number of aromatic nitrogens is 1. The van der Waals surface area contributed by atoms with E-state index >= 15 is 0 Å². The van der Waals surface area contributed by atoms with Gasteiger partial charge in [-0.05, 0) is 49.1 Å². The molecular weight excluding hydrogens is 362 g/mol. The number of morpholine rings is 1. The van der Waals surface area contributed by atoms with Gasteiger partial charge in [0.2, 0.25) is 5.91 Å². The van der Waals surface area contributed by atoms with E-state index in [9.17, 15) is 4.79 Å². The van der Waals surface area contributed by atoms with Gasteiger partial charge in [-0.15, -0.1) is 0 Å². The Morgan fingerprint density at radius 2 is 2.22 bits per heavy atom. The first-order valence-electron chi connectivity index (χ1n) is 9.43. The number of hydrogen-bond acceptors (Lipinski definition) is 4. The van der Waals surface area contributed by atoms with Crippen molar-refractivity contribution in [1.29, 1.82) is 0 Å². The summed E-state index contributed by atoms with van der Waals surface area (Å²) in [5, 5.41) is 3.74. The molecule has 4 rings (SSSR count). The number of halogens is 1. The van der Waals surface area contributed by atoms with Crippen molar-refractivity contribution in [3.8, 4) is 0 Å². The summed E-state index contributed by atoms with van der Waals surface area (Å²) in [6.07, 6.45) is 3.80. The van der Waals surface area contributed by atoms with Crippen LogP contribution < -0.4 is 10.2 Å². The molecule has 0 radical (unpaired) electrons. The summed E-state index contributed by atoms with van der Waals surface area (Å²) in [6.45, 7) is 4.99. The van der Waals surface area contributed by atoms with E-state index in [1.54, 1.807) is 0 Å². The maximum absolute atomic E-state index is 12.8. The van der Waals surface area contributed by atoms with Crippen molar-refractivity contribution in [2.45, 2.75) is 37.8 Å². The second kappa shape index (κ2) is 7.49. The molecule has 2 heterocycles. The zero-order valence-electron chi connectivity index (χ0n) is 15.5. The molecule has 5 nitrogen and oxygen atoms in total. The maximum Gasteiger partial charge on any atom is 0.230 e. The number of hydrogen-bond donors (Lipinski definition) is 1. The Kier molecular flexibility index (Phi) is 5.06. The molecule has 0 bridgehead atoms. The number of nitrogens with one attached hydrogen (secondary N) is 1. The van der Waals surface area contributed by atoms with E-state index in [4.69, 9.17) is 16.3 Å². The van der Waals surface area contributed by atoms with E-state index in [0.29, 0.717) is 11.6 Å². The smallest absolute Gasteiger partial charge is 0.230 e. The second-order valence-corrected chi connectivity index (χ2v) is 7.86. The fourth-order valence-corrected chi connectivity index (χ4v) is 3.83. The predicted octanol–water partition coefficient (Wildman–Crippen LogP) is 3.31. The highest BCUT2D eigenvalue weighted by Crippen LogP contribution is 2.48. The number of ether oxygens (including phenoxy) is 1. The van der Waals surface area contributed by atoms with Gasteiger partial charge in [0.15, 0.2) is 0 Å². The first-order valence-corrected chi connectivity index (χ1v) is 9.80. The summed E-state index contributed by atoms with van der Waals surface area (Å²) in [7, 11) is 0. The summed E-state index contributed by atoms with van der Waals surface area (Å²) in [5.74, 6) is 1.02. The summed E-state index contributed by atoms with van der Waals surface area (Å²) >= 11 is 6.09. The lowest BCUT2D eigenvalue weighted by molar-refractivity contribution is -0.123. The summed E-state index contributed by atoms with van der Waals surface area (Å²) in [6, 6.07) is 11.7. The molecule has 0 spiro atoms. The minimum atomic E-state index is -0.414. The Labute approximate surface area is 164 Å². The van der Waals surface area contributed by atoms with Crippen LogP contribution in [-0.2, 0) is 21.5 Å². The number of carbonyl (C=O) groups is 1. The average molecular weight is 386 g/mol. The van der Waals surface area contributed by atoms with Crippen LogP contribution in [0.15, 0.2) is 42.6 Å². The van der Waals surface area contributed by atoms with Crippen molar-refractivity contribution < 1.29 is 9.53 Å². The van der Waals surface area contributed by atoms with Gasteiger partial charge in [-0.1, -0.05) is 29.8 Å². The normalized spacial score (nSPS) is 21.0. The van der Waals surface area contributed by atoms with Crippen molar-refractivity contribution in [2.24, 2.45) is 0 Å². The topological polar surface area (TPSA) is 54.5 Å². The van der Waals surface area contributed by atoms with Gasteiger partial charge in [-0.2, -0.15) is 0 Å². The number of benzene rings is 1. The van der Waals surface area contributed by atoms with Crippen LogP contribution in [0.25, 0.3) is 0 Å². The van der Waals surface area contributed by atoms with Crippen LogP contribution in [0.3, 0.4) is 0 Å². The quantitative estimate of drug-likeness (QED) is 0.857. The molecule has 1 aromatic heterocycles. The number of anilines is 1. The average Bonchev–Trinajstić information content (AvgIpc) is 3.49. The number of carbonyl (C=O) groups excluding carboxylic acids is 1. The largest absolute Gasteiger partial charge is 0.375 e. The maximum atomic E-state index is 12.8. The van der Waals surface area contributed by atoms with Gasteiger partial charge in [-0.3, -0.25) is 4.79 Å². The highest BCUT2D eigenvalue weighted by molar-refractivity contribution is 6.30. The first-order chi connectivity index (χ1) is 13.1. The molecule has 27 heavy (non-hydrogen) atoms. The lowest BCUT2D eigenvalue weighted by Crippen LogP contribution is -2.41. The Morgan fingerprint density at radius 3 is 2.89 bits per heavy atom. The fourth-order valence-electron chi connectivity index (χ4n) is 3.64. The summed E-state index contributed by atoms with van der Waals surface area (Å²) in [5.41, 5.74) is 1.58. The van der Waals surface area contributed by atoms with Crippen LogP contribution in [0, 0.1) is 0 Å². The zero-order valence-corrected chi connectivity index (χ0v) is 16.2. The summed E-state index contributed by atoms with van der Waals surface area (Å²) < 4.78 is 5.57. The molecule has 1 aliphatic heterocycles. The van der Waals surface area contributed by atoms with Crippen molar-refractivity contribution in [3.05, 3.63) is 58.7 Å². The number of pyridine rings is 1. The van der Waals surface area contributed by atoms with Gasteiger partial charge in [0.1, 0.15) is 5.82 Å². The van der Waals surface area contributed by atoms with Gasteiger partial charge < -0.3 is 15.0 Å². The van der Waals surface area contributed by atoms with Crippen LogP contribution in [0.4, 0.5) is 5.82 Å². The SMILES string of the molecule is CC1CN(c2ccc(CNC(=O)C3(c4cccc(Cl)c4)CC3)cn2)CCO1. The van der Waals surface area contributed by atoms with E-state index in [-0.39, 0.29) is 12.0 Å². The lowest BCUT2D eigenvalue weighted by atomic mass is 9.95. The number of amides is 1. The number of rotatable bonds is 5. The van der Waals surface area contributed by atoms with Crippen LogP contribution >= 0.6 is 11.6 Å². The molecular formula is C21H24ClN3O2. The molecule has 1 unspecified atom stereocenters. The highest BCUT2D eigenvalue weighted by Gasteiger charge is 2.51. The molecule has 2 aliphatic rings. The molecule has 1 aromatic carbocycles. The molecule has 1 atom stereocenters. The van der Waals surface area contributed by atoms with Crippen molar-refractivity contribution >= 4 is 23.3 Å². The Hall–Kier alpha value is -2.11. The molecule has 1 saturated heterocycles. The van der Waals surface area contributed by atoms with Gasteiger partial charge in [0.05, 0.1) is 18.1 Å². The van der Waals surface area contributed by atoms with E-state index in [2.05, 4.69) is 22.1 Å². The van der Waals surface area contributed by atoms with E-state index in [0.717, 1.165) is 49.5 Å². The third kappa shape index (κ3) is 3.94. The molecule has 6 heteroatoms. The lowest BCUT2D eigenvalue weighted by Gasteiger charge is -2.32. The zero-order chi connectivity index (χ0) is 18.9. The fraction of sp³-hybridized carbons (Fsp3) is 0.429. The Balaban J connectivity index is 1.37. The van der Waals surface area contributed by atoms with Gasteiger partial charge in [-0.25, -0.2) is 4.98 Å². The standard InChI is InChI=1S/C21H24ClN3O2/c1-15-14-25(9-10-27-15)19-6-5-16(12-23-19)13-24-20(26)21(7-8-21)17-3-2-4-18(22)11-17/h2-6,11-12,15H,7-10,13-14H2,1H3,(H,24,26). The minimum absolute atomic E-state index is 0.0656. The van der Waals surface area contributed by atoms with Crippen molar-refractivity contribution in [3.63, 3.8) is 0 Å². The van der Waals surface area contributed by atoms with Crippen LogP contribution in [-0.4, -0.2) is 36.7 Å². The van der Waals surface area contributed by atoms with Crippen molar-refractivity contribution in [1.82, 2.24) is 10.3 Å². The molecule has 1 saturated carbocycles. The van der Waals surface area contributed by atoms with Crippen LogP contribution in [0.2, 0.25) is 5.02 Å². The second-order valence-electron chi connectivity index (χ2n) is 7.43. The van der Waals surface area contributed by atoms with Crippen molar-refractivity contribution in [2.75, 3.05) is 24.6 Å². The predicted molar refractivity (Wildman–Crippen MR) is 106 cm³/mol. The van der Waals surface area contributed by atoms with Gasteiger partial charge in [0.25, 0.3) is 0 Å². The molecule has 142 valence electrons. The minimum Gasteiger partial charge on any atom is -0.375 e. The highest BCUT2D eigenvalue weighted by atomic mass is 35.5. The number of nitrogens with zero attached hydrogens (tertiary/aromatic N) is 2. The molecule has 1 N–H and O–H groups in total. The van der Waals surface area contributed by atoms with Gasteiger partial charge in [0, 0.05) is 30.9 Å². The van der Waals surface area contributed by atoms with Crippen LogP contribution in [0.1, 0.15) is 30.9 Å². The third-order valence-corrected chi connectivity index (χ3v) is 5.62. The van der Waals surface area contributed by atoms with Crippen LogP contribution in [0.5, 0.6) is 0 Å². The third-order valence-electron chi connectivity index (χ3n) is 5.39. The molecule has 2 aromatic rings. The van der Waals surface area contributed by atoms with E-state index in [1.165, 1.54) is 0 Å². The van der Waals surface area contributed by atoms with Gasteiger partial charge >= 0.3 is 0 Å². The molecule has 2 fully saturated rings.